The third-order valence-corrected chi connectivity index (χ3v) is 4.13. The van der Waals surface area contributed by atoms with Gasteiger partial charge in [0.2, 0.25) is 0 Å². The van der Waals surface area contributed by atoms with Gasteiger partial charge in [-0.25, -0.2) is 4.98 Å². The van der Waals surface area contributed by atoms with E-state index < -0.39 is 0 Å². The monoisotopic (exact) mass is 262 g/mol. The first-order valence-corrected chi connectivity index (χ1v) is 7.36. The van der Waals surface area contributed by atoms with Crippen LogP contribution in [-0.4, -0.2) is 29.1 Å². The first kappa shape index (κ1) is 12.7. The second-order valence-corrected chi connectivity index (χ2v) is 5.68. The summed E-state index contributed by atoms with van der Waals surface area (Å²) in [5, 5.41) is 0. The number of hydrogen-bond donors (Lipinski definition) is 2. The Bertz CT molecular complexity index is 492. The van der Waals surface area contributed by atoms with Crippen molar-refractivity contribution in [2.45, 2.75) is 50.5 Å². The Labute approximate surface area is 113 Å². The second kappa shape index (κ2) is 5.33. The molecule has 3 rings (SSSR count). The smallest absolute Gasteiger partial charge is 0.252 e. The van der Waals surface area contributed by atoms with Crippen molar-refractivity contribution in [3.8, 4) is 0 Å². The van der Waals surface area contributed by atoms with E-state index in [4.69, 9.17) is 5.73 Å². The summed E-state index contributed by atoms with van der Waals surface area (Å²) in [6.07, 6.45) is 6.86. The molecule has 5 nitrogen and oxygen atoms in total. The minimum atomic E-state index is -0.0241. The van der Waals surface area contributed by atoms with E-state index in [2.05, 4.69) is 14.9 Å². The van der Waals surface area contributed by atoms with E-state index in [9.17, 15) is 4.79 Å². The molecule has 2 fully saturated rings. The highest BCUT2D eigenvalue weighted by Crippen LogP contribution is 2.38. The minimum Gasteiger partial charge on any atom is -0.353 e. The first-order chi connectivity index (χ1) is 9.28. The van der Waals surface area contributed by atoms with Crippen molar-refractivity contribution in [3.05, 3.63) is 22.2 Å². The topological polar surface area (TPSA) is 75.0 Å². The summed E-state index contributed by atoms with van der Waals surface area (Å²) < 4.78 is 0. The van der Waals surface area contributed by atoms with Crippen molar-refractivity contribution in [3.63, 3.8) is 0 Å². The van der Waals surface area contributed by atoms with Crippen molar-refractivity contribution in [2.24, 2.45) is 5.73 Å². The van der Waals surface area contributed by atoms with Crippen LogP contribution in [0.5, 0.6) is 0 Å². The molecule has 1 aromatic rings. The van der Waals surface area contributed by atoms with Crippen LogP contribution in [0.25, 0.3) is 0 Å². The number of H-pyrrole nitrogens is 1. The first-order valence-electron chi connectivity index (χ1n) is 7.36. The van der Waals surface area contributed by atoms with Crippen LogP contribution < -0.4 is 16.2 Å². The van der Waals surface area contributed by atoms with Crippen LogP contribution in [0.4, 0.5) is 5.82 Å². The number of nitrogens with two attached hydrogens (primary N) is 1. The number of nitrogens with one attached hydrogen (secondary N) is 1. The molecule has 1 unspecified atom stereocenters. The van der Waals surface area contributed by atoms with Gasteiger partial charge >= 0.3 is 0 Å². The molecule has 1 aliphatic carbocycles. The van der Waals surface area contributed by atoms with Crippen LogP contribution in [0.15, 0.2) is 10.9 Å². The lowest BCUT2D eigenvalue weighted by Gasteiger charge is -2.36. The van der Waals surface area contributed by atoms with E-state index in [-0.39, 0.29) is 5.56 Å². The largest absolute Gasteiger partial charge is 0.353 e. The molecule has 5 heteroatoms. The minimum absolute atomic E-state index is 0.0241. The highest BCUT2D eigenvalue weighted by atomic mass is 16.1. The molecule has 0 radical (unpaired) electrons. The van der Waals surface area contributed by atoms with Crippen molar-refractivity contribution in [1.82, 2.24) is 9.97 Å². The van der Waals surface area contributed by atoms with Crippen LogP contribution in [0.1, 0.15) is 50.3 Å². The van der Waals surface area contributed by atoms with Gasteiger partial charge in [0.25, 0.3) is 5.56 Å². The number of rotatable bonds is 4. The van der Waals surface area contributed by atoms with E-state index in [0.29, 0.717) is 18.5 Å². The van der Waals surface area contributed by atoms with Gasteiger partial charge in [0.15, 0.2) is 0 Å². The molecule has 104 valence electrons. The average molecular weight is 262 g/mol. The summed E-state index contributed by atoms with van der Waals surface area (Å²) in [6, 6.07) is 2.08. The van der Waals surface area contributed by atoms with Gasteiger partial charge in [0.1, 0.15) is 11.6 Å². The zero-order valence-electron chi connectivity index (χ0n) is 11.3. The summed E-state index contributed by atoms with van der Waals surface area (Å²) in [5.41, 5.74) is 5.68. The average Bonchev–Trinajstić information content (AvgIpc) is 3.23. The number of aromatic amines is 1. The van der Waals surface area contributed by atoms with Gasteiger partial charge < -0.3 is 15.6 Å². The second-order valence-electron chi connectivity index (χ2n) is 5.68. The normalized spacial score (nSPS) is 23.6. The van der Waals surface area contributed by atoms with Gasteiger partial charge in [-0.2, -0.15) is 0 Å². The maximum Gasteiger partial charge on any atom is 0.252 e. The SMILES string of the molecule is NCCC1CCCCN1c1cc(=O)[nH]c(C2CC2)n1. The molecule has 2 heterocycles. The van der Waals surface area contributed by atoms with E-state index in [0.717, 1.165) is 43.9 Å². The molecular weight excluding hydrogens is 240 g/mol. The van der Waals surface area contributed by atoms with E-state index in [1.165, 1.54) is 12.8 Å². The van der Waals surface area contributed by atoms with Crippen molar-refractivity contribution in [2.75, 3.05) is 18.0 Å². The molecule has 0 amide bonds. The highest BCUT2D eigenvalue weighted by Gasteiger charge is 2.28. The molecular formula is C14H22N4O. The summed E-state index contributed by atoms with van der Waals surface area (Å²) in [5.74, 6) is 2.20. The third kappa shape index (κ3) is 2.81. The number of piperidine rings is 1. The molecule has 19 heavy (non-hydrogen) atoms. The summed E-state index contributed by atoms with van der Waals surface area (Å²) >= 11 is 0. The van der Waals surface area contributed by atoms with Crippen LogP contribution >= 0.6 is 0 Å². The number of hydrogen-bond acceptors (Lipinski definition) is 4. The molecule has 1 saturated heterocycles. The molecule has 2 aliphatic rings. The predicted molar refractivity (Wildman–Crippen MR) is 75.5 cm³/mol. The molecule has 0 bridgehead atoms. The Morgan fingerprint density at radius 2 is 2.21 bits per heavy atom. The van der Waals surface area contributed by atoms with Crippen molar-refractivity contribution < 1.29 is 0 Å². The number of aromatic nitrogens is 2. The van der Waals surface area contributed by atoms with E-state index in [1.807, 2.05) is 0 Å². The zero-order chi connectivity index (χ0) is 13.2. The van der Waals surface area contributed by atoms with Crippen LogP contribution in [0.3, 0.4) is 0 Å². The number of nitrogens with zero attached hydrogens (tertiary/aromatic N) is 2. The van der Waals surface area contributed by atoms with Gasteiger partial charge in [0.05, 0.1) is 0 Å². The fourth-order valence-corrected chi connectivity index (χ4v) is 2.96. The van der Waals surface area contributed by atoms with Crippen molar-refractivity contribution >= 4 is 5.82 Å². The fraction of sp³-hybridized carbons (Fsp3) is 0.714. The van der Waals surface area contributed by atoms with Gasteiger partial charge in [-0.15, -0.1) is 0 Å². The maximum absolute atomic E-state index is 11.8. The Morgan fingerprint density at radius 1 is 1.37 bits per heavy atom. The van der Waals surface area contributed by atoms with Gasteiger partial charge in [-0.05, 0) is 45.1 Å². The maximum atomic E-state index is 11.8. The molecule has 1 aliphatic heterocycles. The predicted octanol–water partition coefficient (Wildman–Crippen LogP) is 1.35. The van der Waals surface area contributed by atoms with Crippen molar-refractivity contribution in [1.29, 1.82) is 0 Å². The Balaban J connectivity index is 1.88. The Hall–Kier alpha value is -1.36. The summed E-state index contributed by atoms with van der Waals surface area (Å²) in [7, 11) is 0. The molecule has 3 N–H and O–H groups in total. The quantitative estimate of drug-likeness (QED) is 0.859. The van der Waals surface area contributed by atoms with Gasteiger partial charge in [-0.3, -0.25) is 4.79 Å². The van der Waals surface area contributed by atoms with Crippen LogP contribution in [0, 0.1) is 0 Å². The summed E-state index contributed by atoms with van der Waals surface area (Å²) in [6.45, 7) is 1.69. The number of anilines is 1. The van der Waals surface area contributed by atoms with Crippen LogP contribution in [-0.2, 0) is 0 Å². The fourth-order valence-electron chi connectivity index (χ4n) is 2.96. The standard InChI is InChI=1S/C14H22N4O/c15-7-6-11-3-1-2-8-18(11)12-9-13(19)17-14(16-12)10-4-5-10/h9-11H,1-8,15H2,(H,16,17,19). The van der Waals surface area contributed by atoms with Crippen LogP contribution in [0.2, 0.25) is 0 Å². The zero-order valence-corrected chi connectivity index (χ0v) is 11.3. The molecule has 0 spiro atoms. The Morgan fingerprint density at radius 3 is 2.95 bits per heavy atom. The highest BCUT2D eigenvalue weighted by molar-refractivity contribution is 5.40. The van der Waals surface area contributed by atoms with Gasteiger partial charge in [0, 0.05) is 24.6 Å². The molecule has 0 aromatic carbocycles. The lowest BCUT2D eigenvalue weighted by molar-refractivity contribution is 0.438. The lowest BCUT2D eigenvalue weighted by atomic mass is 9.99. The third-order valence-electron chi connectivity index (χ3n) is 4.13. The molecule has 1 atom stereocenters. The van der Waals surface area contributed by atoms with Gasteiger partial charge in [-0.1, -0.05) is 0 Å². The van der Waals surface area contributed by atoms with E-state index >= 15 is 0 Å². The summed E-state index contributed by atoms with van der Waals surface area (Å²) in [4.78, 5) is 21.7. The molecule has 1 aromatic heterocycles. The Kier molecular flexibility index (Phi) is 3.55. The molecule has 1 saturated carbocycles. The lowest BCUT2D eigenvalue weighted by Crippen LogP contribution is -2.42. The van der Waals surface area contributed by atoms with E-state index in [1.54, 1.807) is 6.07 Å².